The van der Waals surface area contributed by atoms with Gasteiger partial charge in [-0.1, -0.05) is 0 Å². The van der Waals surface area contributed by atoms with E-state index in [9.17, 15) is 23.5 Å². The summed E-state index contributed by atoms with van der Waals surface area (Å²) in [6, 6.07) is 2.34. The molecule has 0 spiro atoms. The number of carboxylic acids is 1. The van der Waals surface area contributed by atoms with Crippen LogP contribution in [-0.4, -0.2) is 39.5 Å². The van der Waals surface area contributed by atoms with Crippen molar-refractivity contribution in [3.8, 4) is 11.3 Å². The lowest BCUT2D eigenvalue weighted by Crippen LogP contribution is -2.48. The van der Waals surface area contributed by atoms with Crippen molar-refractivity contribution in [1.29, 1.82) is 0 Å². The van der Waals surface area contributed by atoms with Gasteiger partial charge in [0.1, 0.15) is 17.7 Å². The number of oxazole rings is 1. The van der Waals surface area contributed by atoms with E-state index >= 15 is 0 Å². The Morgan fingerprint density at radius 2 is 2.12 bits per heavy atom. The molecule has 2 aromatic rings. The molecule has 1 amide bonds. The van der Waals surface area contributed by atoms with Gasteiger partial charge in [-0.2, -0.15) is 0 Å². The van der Waals surface area contributed by atoms with Crippen molar-refractivity contribution >= 4 is 11.9 Å². The van der Waals surface area contributed by atoms with Crippen molar-refractivity contribution in [2.24, 2.45) is 0 Å². The third-order valence-corrected chi connectivity index (χ3v) is 4.41. The van der Waals surface area contributed by atoms with E-state index in [0.717, 1.165) is 25.0 Å². The summed E-state index contributed by atoms with van der Waals surface area (Å²) in [5, 5.41) is 9.23. The fourth-order valence-corrected chi connectivity index (χ4v) is 3.08. The molecule has 1 aromatic carbocycles. The number of aliphatic carboxylic acids is 1. The largest absolute Gasteiger partial charge is 0.480 e. The summed E-state index contributed by atoms with van der Waals surface area (Å²) in [7, 11) is 0. The van der Waals surface area contributed by atoms with Gasteiger partial charge in [0.2, 0.25) is 5.91 Å². The lowest BCUT2D eigenvalue weighted by molar-refractivity contribution is -0.152. The molecule has 0 saturated carbocycles. The maximum absolute atomic E-state index is 13.8. The number of carboxylic acid groups (broad SMARTS) is 1. The molecular weight excluding hydrogens is 346 g/mol. The van der Waals surface area contributed by atoms with Crippen LogP contribution in [0.2, 0.25) is 0 Å². The minimum Gasteiger partial charge on any atom is -0.480 e. The number of nitrogens with zero attached hydrogens (tertiary/aromatic N) is 2. The number of halogens is 2. The highest BCUT2D eigenvalue weighted by molar-refractivity contribution is 5.84. The Bertz CT molecular complexity index is 821. The van der Waals surface area contributed by atoms with Crippen LogP contribution >= 0.6 is 0 Å². The molecule has 138 valence electrons. The molecule has 1 atom stereocenters. The maximum Gasteiger partial charge on any atom is 0.326 e. The summed E-state index contributed by atoms with van der Waals surface area (Å²) < 4.78 is 32.2. The van der Waals surface area contributed by atoms with E-state index < -0.39 is 23.6 Å². The number of benzene rings is 1. The van der Waals surface area contributed by atoms with Crippen LogP contribution < -0.4 is 0 Å². The smallest absolute Gasteiger partial charge is 0.326 e. The average molecular weight is 364 g/mol. The Morgan fingerprint density at radius 1 is 1.31 bits per heavy atom. The van der Waals surface area contributed by atoms with E-state index in [4.69, 9.17) is 4.42 Å². The van der Waals surface area contributed by atoms with Gasteiger partial charge in [0.05, 0.1) is 11.8 Å². The predicted octanol–water partition coefficient (Wildman–Crippen LogP) is 3.02. The Hall–Kier alpha value is -2.77. The first kappa shape index (κ1) is 18.0. The highest BCUT2D eigenvalue weighted by atomic mass is 19.1. The molecule has 0 bridgehead atoms. The number of rotatable bonds is 5. The number of piperidine rings is 1. The van der Waals surface area contributed by atoms with E-state index in [1.807, 2.05) is 0 Å². The number of likely N-dealkylation sites (tertiary alicyclic amines) is 1. The fourth-order valence-electron chi connectivity index (χ4n) is 3.08. The van der Waals surface area contributed by atoms with Gasteiger partial charge >= 0.3 is 5.97 Å². The Balaban J connectivity index is 1.64. The number of amides is 1. The average Bonchev–Trinajstić information content (AvgIpc) is 3.08. The first-order chi connectivity index (χ1) is 12.5. The highest BCUT2D eigenvalue weighted by Crippen LogP contribution is 2.25. The van der Waals surface area contributed by atoms with Gasteiger partial charge in [0, 0.05) is 25.5 Å². The van der Waals surface area contributed by atoms with E-state index in [1.54, 1.807) is 0 Å². The molecule has 3 rings (SSSR count). The van der Waals surface area contributed by atoms with Gasteiger partial charge in [0.25, 0.3) is 0 Å². The van der Waals surface area contributed by atoms with E-state index in [0.29, 0.717) is 13.0 Å². The predicted molar refractivity (Wildman–Crippen MR) is 87.2 cm³/mol. The molecule has 1 aromatic heterocycles. The summed E-state index contributed by atoms with van der Waals surface area (Å²) >= 11 is 0. The van der Waals surface area contributed by atoms with Gasteiger partial charge in [-0.25, -0.2) is 18.6 Å². The molecule has 6 nitrogen and oxygen atoms in total. The second-order valence-corrected chi connectivity index (χ2v) is 6.18. The molecule has 1 unspecified atom stereocenters. The number of hydrogen-bond donors (Lipinski definition) is 1. The van der Waals surface area contributed by atoms with Crippen molar-refractivity contribution in [3.63, 3.8) is 0 Å². The van der Waals surface area contributed by atoms with Crippen LogP contribution in [0, 0.1) is 11.6 Å². The van der Waals surface area contributed by atoms with Crippen molar-refractivity contribution < 1.29 is 27.9 Å². The molecule has 0 aliphatic carbocycles. The second kappa shape index (κ2) is 7.63. The topological polar surface area (TPSA) is 83.6 Å². The van der Waals surface area contributed by atoms with Crippen LogP contribution in [0.25, 0.3) is 11.3 Å². The van der Waals surface area contributed by atoms with Gasteiger partial charge < -0.3 is 14.4 Å². The zero-order valence-electron chi connectivity index (χ0n) is 14.0. The fraction of sp³-hybridized carbons (Fsp3) is 0.389. The summed E-state index contributed by atoms with van der Waals surface area (Å²) in [4.78, 5) is 29.0. The Kier molecular flexibility index (Phi) is 5.29. The molecule has 1 N–H and O–H groups in total. The Labute approximate surface area is 148 Å². The first-order valence-electron chi connectivity index (χ1n) is 8.38. The lowest BCUT2D eigenvalue weighted by Gasteiger charge is -2.32. The van der Waals surface area contributed by atoms with Gasteiger partial charge in [-0.05, 0) is 31.4 Å². The number of aromatic nitrogens is 1. The van der Waals surface area contributed by atoms with Crippen LogP contribution in [0.15, 0.2) is 28.8 Å². The molecule has 8 heteroatoms. The van der Waals surface area contributed by atoms with Crippen molar-refractivity contribution in [2.45, 2.75) is 38.1 Å². The number of hydrogen-bond acceptors (Lipinski definition) is 4. The van der Waals surface area contributed by atoms with Crippen LogP contribution in [0.5, 0.6) is 0 Å². The zero-order chi connectivity index (χ0) is 18.7. The molecule has 1 aliphatic rings. The van der Waals surface area contributed by atoms with Crippen molar-refractivity contribution in [3.05, 3.63) is 41.9 Å². The summed E-state index contributed by atoms with van der Waals surface area (Å²) in [5.41, 5.74) is 0.0819. The zero-order valence-corrected chi connectivity index (χ0v) is 14.0. The molecule has 1 saturated heterocycles. The molecular formula is C18H18F2N2O4. The summed E-state index contributed by atoms with van der Waals surface area (Å²) in [6.45, 7) is 0.424. The second-order valence-electron chi connectivity index (χ2n) is 6.18. The van der Waals surface area contributed by atoms with Crippen LogP contribution in [0.3, 0.4) is 0 Å². The number of carbonyl (C=O) groups excluding carboxylic acids is 1. The van der Waals surface area contributed by atoms with E-state index in [-0.39, 0.29) is 36.0 Å². The lowest BCUT2D eigenvalue weighted by atomic mass is 10.0. The normalized spacial score (nSPS) is 17.3. The molecule has 1 fully saturated rings. The number of carbonyl (C=O) groups is 2. The first-order valence-corrected chi connectivity index (χ1v) is 8.38. The monoisotopic (exact) mass is 364 g/mol. The van der Waals surface area contributed by atoms with E-state index in [1.165, 1.54) is 17.2 Å². The third kappa shape index (κ3) is 3.89. The van der Waals surface area contributed by atoms with Gasteiger partial charge in [0.15, 0.2) is 11.7 Å². The standard InChI is InChI=1S/C18H18F2N2O4/c19-11-4-5-12(13(20)9-11)15-10-21-16(26-15)6-7-17(23)22-8-2-1-3-14(22)18(24)25/h4-5,9-10,14H,1-3,6-8H2,(H,24,25). The minimum absolute atomic E-state index is 0.0512. The van der Waals surface area contributed by atoms with Gasteiger partial charge in [-0.15, -0.1) is 0 Å². The van der Waals surface area contributed by atoms with Crippen molar-refractivity contribution in [2.75, 3.05) is 6.54 Å². The third-order valence-electron chi connectivity index (χ3n) is 4.41. The molecule has 26 heavy (non-hydrogen) atoms. The summed E-state index contributed by atoms with van der Waals surface area (Å²) in [5.74, 6) is -2.34. The quantitative estimate of drug-likeness (QED) is 0.882. The molecule has 1 aliphatic heterocycles. The minimum atomic E-state index is -0.997. The Morgan fingerprint density at radius 3 is 2.85 bits per heavy atom. The van der Waals surface area contributed by atoms with Crippen LogP contribution in [-0.2, 0) is 16.0 Å². The number of aryl methyl sites for hydroxylation is 1. The van der Waals surface area contributed by atoms with Crippen LogP contribution in [0.1, 0.15) is 31.6 Å². The maximum atomic E-state index is 13.8. The van der Waals surface area contributed by atoms with E-state index in [2.05, 4.69) is 4.98 Å². The summed E-state index contributed by atoms with van der Waals surface area (Å²) in [6.07, 6.45) is 3.56. The highest BCUT2D eigenvalue weighted by Gasteiger charge is 2.31. The van der Waals surface area contributed by atoms with Gasteiger partial charge in [-0.3, -0.25) is 4.79 Å². The molecule has 2 heterocycles. The SMILES string of the molecule is O=C(O)C1CCCCN1C(=O)CCc1ncc(-c2ccc(F)cc2F)o1. The van der Waals surface area contributed by atoms with Crippen molar-refractivity contribution in [1.82, 2.24) is 9.88 Å². The molecule has 0 radical (unpaired) electrons. The van der Waals surface area contributed by atoms with Crippen LogP contribution in [0.4, 0.5) is 8.78 Å².